The number of aromatic nitrogens is 1. The molecule has 1 atom stereocenters. The molecule has 1 aromatic heterocycles. The highest BCUT2D eigenvalue weighted by Gasteiger charge is 2.46. The molecule has 1 aliphatic heterocycles. The number of hydrogen-bond acceptors (Lipinski definition) is 7. The lowest BCUT2D eigenvalue weighted by molar-refractivity contribution is -0.140. The Balaban J connectivity index is 1.79. The molecule has 8 heteroatoms. The summed E-state index contributed by atoms with van der Waals surface area (Å²) in [5.41, 5.74) is 3.69. The second-order valence-corrected chi connectivity index (χ2v) is 8.76. The van der Waals surface area contributed by atoms with E-state index >= 15 is 0 Å². The monoisotopic (exact) mass is 500 g/mol. The fourth-order valence-corrected chi connectivity index (χ4v) is 4.50. The van der Waals surface area contributed by atoms with Crippen LogP contribution in [-0.4, -0.2) is 46.4 Å². The van der Waals surface area contributed by atoms with Crippen molar-refractivity contribution in [3.8, 4) is 5.75 Å². The Labute approximate surface area is 215 Å². The zero-order valence-electron chi connectivity index (χ0n) is 21.1. The van der Waals surface area contributed by atoms with Crippen LogP contribution in [0, 0.1) is 13.8 Å². The number of nitrogens with zero attached hydrogens (tertiary/aromatic N) is 2. The van der Waals surface area contributed by atoms with Crippen molar-refractivity contribution in [3.05, 3.63) is 99.9 Å². The normalized spacial score (nSPS) is 16.6. The molecule has 1 N–H and O–H groups in total. The Morgan fingerprint density at radius 1 is 1.03 bits per heavy atom. The lowest BCUT2D eigenvalue weighted by Gasteiger charge is -2.25. The lowest BCUT2D eigenvalue weighted by atomic mass is 9.93. The fraction of sp³-hybridized carbons (Fsp3) is 0.241. The molecular formula is C29H28N2O6. The van der Waals surface area contributed by atoms with Crippen LogP contribution in [0.1, 0.15) is 51.1 Å². The number of aryl methyl sites for hydroxylation is 2. The molecule has 0 spiro atoms. The van der Waals surface area contributed by atoms with Gasteiger partial charge in [0.25, 0.3) is 11.7 Å². The van der Waals surface area contributed by atoms with E-state index in [0.29, 0.717) is 33.6 Å². The predicted octanol–water partition coefficient (Wildman–Crippen LogP) is 4.51. The summed E-state index contributed by atoms with van der Waals surface area (Å²) in [6.45, 7) is 5.74. The zero-order chi connectivity index (χ0) is 26.7. The molecule has 0 bridgehead atoms. The fourth-order valence-electron chi connectivity index (χ4n) is 4.50. The van der Waals surface area contributed by atoms with Crippen LogP contribution in [0.25, 0.3) is 5.76 Å². The molecule has 8 nitrogen and oxygen atoms in total. The molecule has 1 saturated heterocycles. The van der Waals surface area contributed by atoms with Crippen molar-refractivity contribution in [2.24, 2.45) is 0 Å². The molecule has 0 aliphatic carbocycles. The van der Waals surface area contributed by atoms with Gasteiger partial charge in [-0.25, -0.2) is 4.79 Å². The first-order valence-corrected chi connectivity index (χ1v) is 11.9. The first-order valence-electron chi connectivity index (χ1n) is 11.9. The average Bonchev–Trinajstić information content (AvgIpc) is 3.15. The summed E-state index contributed by atoms with van der Waals surface area (Å²) in [6, 6.07) is 12.8. The van der Waals surface area contributed by atoms with Crippen molar-refractivity contribution >= 4 is 23.4 Å². The van der Waals surface area contributed by atoms with E-state index in [2.05, 4.69) is 4.98 Å². The van der Waals surface area contributed by atoms with Crippen molar-refractivity contribution in [2.45, 2.75) is 33.4 Å². The largest absolute Gasteiger partial charge is 0.507 e. The van der Waals surface area contributed by atoms with Crippen LogP contribution < -0.4 is 4.74 Å². The van der Waals surface area contributed by atoms with Crippen molar-refractivity contribution in [3.63, 3.8) is 0 Å². The molecule has 0 saturated carbocycles. The SMILES string of the molecule is CCOC(=O)c1ccc(CN2C(=O)C(=O)/C(=C(/O)c3cc(C)c(OC)cc3C)C2c2ccncc2)cc1. The standard InChI is InChI=1S/C29H28N2O6/c1-5-37-29(35)21-8-6-19(7-9-21)16-31-25(20-10-12-30-13-11-20)24(27(33)28(31)34)26(32)22-14-18(3)23(36-4)15-17(22)2/h6-15,25,32H,5,16H2,1-4H3/b26-24+. The summed E-state index contributed by atoms with van der Waals surface area (Å²) in [6.07, 6.45) is 3.15. The van der Waals surface area contributed by atoms with E-state index in [1.165, 1.54) is 4.90 Å². The Kier molecular flexibility index (Phi) is 7.38. The van der Waals surface area contributed by atoms with Gasteiger partial charge in [-0.05, 0) is 79.4 Å². The van der Waals surface area contributed by atoms with Gasteiger partial charge in [-0.1, -0.05) is 12.1 Å². The maximum atomic E-state index is 13.3. The van der Waals surface area contributed by atoms with Gasteiger partial charge in [0, 0.05) is 24.5 Å². The number of rotatable bonds is 7. The van der Waals surface area contributed by atoms with E-state index in [-0.39, 0.29) is 24.5 Å². The average molecular weight is 501 g/mol. The number of esters is 1. The highest BCUT2D eigenvalue weighted by atomic mass is 16.5. The summed E-state index contributed by atoms with van der Waals surface area (Å²) in [5, 5.41) is 11.4. The zero-order valence-corrected chi connectivity index (χ0v) is 21.1. The van der Waals surface area contributed by atoms with E-state index in [1.54, 1.807) is 81.9 Å². The molecule has 37 heavy (non-hydrogen) atoms. The van der Waals surface area contributed by atoms with E-state index in [9.17, 15) is 19.5 Å². The van der Waals surface area contributed by atoms with Gasteiger partial charge in [0.15, 0.2) is 0 Å². The Bertz CT molecular complexity index is 1380. The number of ether oxygens (including phenoxy) is 2. The number of Topliss-reactive ketones (excluding diaryl/α,β-unsaturated/α-hetero) is 1. The number of ketones is 1. The number of pyridine rings is 1. The van der Waals surface area contributed by atoms with Crippen LogP contribution in [-0.2, 0) is 20.9 Å². The number of aliphatic hydroxyl groups excluding tert-OH is 1. The maximum absolute atomic E-state index is 13.3. The van der Waals surface area contributed by atoms with E-state index < -0.39 is 23.7 Å². The third-order valence-electron chi connectivity index (χ3n) is 6.38. The van der Waals surface area contributed by atoms with Crippen molar-refractivity contribution in [1.29, 1.82) is 0 Å². The van der Waals surface area contributed by atoms with Gasteiger partial charge in [0.2, 0.25) is 0 Å². The molecule has 4 rings (SSSR count). The smallest absolute Gasteiger partial charge is 0.338 e. The summed E-state index contributed by atoms with van der Waals surface area (Å²) < 4.78 is 10.4. The predicted molar refractivity (Wildman–Crippen MR) is 137 cm³/mol. The summed E-state index contributed by atoms with van der Waals surface area (Å²) in [7, 11) is 1.57. The van der Waals surface area contributed by atoms with Gasteiger partial charge in [0.05, 0.1) is 30.9 Å². The number of carbonyl (C=O) groups is 3. The molecule has 0 radical (unpaired) electrons. The highest BCUT2D eigenvalue weighted by molar-refractivity contribution is 6.46. The van der Waals surface area contributed by atoms with E-state index in [4.69, 9.17) is 9.47 Å². The van der Waals surface area contributed by atoms with Crippen LogP contribution in [0.2, 0.25) is 0 Å². The van der Waals surface area contributed by atoms with Crippen LogP contribution in [0.5, 0.6) is 5.75 Å². The van der Waals surface area contributed by atoms with Gasteiger partial charge in [-0.2, -0.15) is 0 Å². The van der Waals surface area contributed by atoms with Crippen molar-refractivity contribution < 1.29 is 29.0 Å². The molecule has 190 valence electrons. The molecule has 1 fully saturated rings. The summed E-state index contributed by atoms with van der Waals surface area (Å²) in [5.74, 6) is -1.51. The second kappa shape index (κ2) is 10.7. The first-order chi connectivity index (χ1) is 17.8. The van der Waals surface area contributed by atoms with Crippen LogP contribution in [0.15, 0.2) is 66.5 Å². The molecule has 1 aliphatic rings. The second-order valence-electron chi connectivity index (χ2n) is 8.76. The summed E-state index contributed by atoms with van der Waals surface area (Å²) in [4.78, 5) is 44.1. The van der Waals surface area contributed by atoms with Gasteiger partial charge < -0.3 is 19.5 Å². The molecule has 2 aromatic carbocycles. The quantitative estimate of drug-likeness (QED) is 0.220. The Morgan fingerprint density at radius 3 is 2.32 bits per heavy atom. The number of hydrogen-bond donors (Lipinski definition) is 1. The van der Waals surface area contributed by atoms with Gasteiger partial charge >= 0.3 is 5.97 Å². The first kappa shape index (κ1) is 25.6. The van der Waals surface area contributed by atoms with Gasteiger partial charge in [-0.3, -0.25) is 14.6 Å². The minimum atomic E-state index is -0.824. The number of aliphatic hydroxyl groups is 1. The number of benzene rings is 2. The molecule has 3 aromatic rings. The lowest BCUT2D eigenvalue weighted by Crippen LogP contribution is -2.29. The number of methoxy groups -OCH3 is 1. The highest BCUT2D eigenvalue weighted by Crippen LogP contribution is 2.41. The van der Waals surface area contributed by atoms with Crippen molar-refractivity contribution in [1.82, 2.24) is 9.88 Å². The van der Waals surface area contributed by atoms with Gasteiger partial charge in [-0.15, -0.1) is 0 Å². The minimum absolute atomic E-state index is 0.00649. The van der Waals surface area contributed by atoms with E-state index in [0.717, 1.165) is 5.56 Å². The molecule has 1 amide bonds. The Morgan fingerprint density at radius 2 is 1.70 bits per heavy atom. The molecular weight excluding hydrogens is 472 g/mol. The van der Waals surface area contributed by atoms with Crippen molar-refractivity contribution in [2.75, 3.05) is 13.7 Å². The van der Waals surface area contributed by atoms with E-state index in [1.807, 2.05) is 6.92 Å². The topological polar surface area (TPSA) is 106 Å². The third kappa shape index (κ3) is 4.95. The number of likely N-dealkylation sites (tertiary alicyclic amines) is 1. The maximum Gasteiger partial charge on any atom is 0.338 e. The Hall–Kier alpha value is -4.46. The van der Waals surface area contributed by atoms with Gasteiger partial charge in [0.1, 0.15) is 11.5 Å². The van der Waals surface area contributed by atoms with Crippen LogP contribution in [0.3, 0.4) is 0 Å². The number of carbonyl (C=O) groups excluding carboxylic acids is 3. The van der Waals surface area contributed by atoms with Crippen LogP contribution in [0.4, 0.5) is 0 Å². The third-order valence-corrected chi connectivity index (χ3v) is 6.38. The minimum Gasteiger partial charge on any atom is -0.507 e. The molecule has 2 heterocycles. The number of amides is 1. The summed E-state index contributed by atoms with van der Waals surface area (Å²) >= 11 is 0. The van der Waals surface area contributed by atoms with Crippen LogP contribution >= 0.6 is 0 Å². The molecule has 1 unspecified atom stereocenters.